The topological polar surface area (TPSA) is 86.8 Å². The average molecular weight is 635 g/mol. The van der Waals surface area contributed by atoms with Crippen LogP contribution < -0.4 is 9.62 Å². The van der Waals surface area contributed by atoms with E-state index in [1.54, 1.807) is 66.7 Å². The van der Waals surface area contributed by atoms with Crippen molar-refractivity contribution in [3.05, 3.63) is 93.9 Å². The summed E-state index contributed by atoms with van der Waals surface area (Å²) in [6.07, 6.45) is 2.07. The number of anilines is 1. The molecule has 0 aliphatic carbocycles. The summed E-state index contributed by atoms with van der Waals surface area (Å²) in [6.45, 7) is 3.89. The van der Waals surface area contributed by atoms with Gasteiger partial charge in [-0.2, -0.15) is 0 Å². The van der Waals surface area contributed by atoms with Crippen LogP contribution in [0.25, 0.3) is 0 Å². The van der Waals surface area contributed by atoms with Gasteiger partial charge >= 0.3 is 0 Å². The molecule has 2 amide bonds. The number of benzene rings is 3. The molecule has 0 bridgehead atoms. The number of hydrogen-bond donors (Lipinski definition) is 1. The van der Waals surface area contributed by atoms with E-state index in [0.29, 0.717) is 33.7 Å². The van der Waals surface area contributed by atoms with Gasteiger partial charge in [0.05, 0.1) is 10.6 Å². The van der Waals surface area contributed by atoms with E-state index < -0.39 is 28.5 Å². The van der Waals surface area contributed by atoms with Crippen LogP contribution in [0.5, 0.6) is 0 Å². The van der Waals surface area contributed by atoms with E-state index in [2.05, 4.69) is 21.2 Å². The third-order valence-electron chi connectivity index (χ3n) is 6.22. The van der Waals surface area contributed by atoms with E-state index >= 15 is 0 Å². The van der Waals surface area contributed by atoms with Crippen LogP contribution in [0.4, 0.5) is 5.69 Å². The highest BCUT2D eigenvalue weighted by atomic mass is 79.9. The molecular formula is C29H33BrClN3O4S. The summed E-state index contributed by atoms with van der Waals surface area (Å²) in [5, 5.41) is 3.37. The minimum absolute atomic E-state index is 0.0515. The molecule has 0 aliphatic rings. The second-order valence-corrected chi connectivity index (χ2v) is 12.2. The number of nitrogens with one attached hydrogen (secondary N) is 1. The maximum atomic E-state index is 14.0. The van der Waals surface area contributed by atoms with Crippen LogP contribution in [0.1, 0.15) is 38.7 Å². The number of carbonyl (C=O) groups excluding carboxylic acids is 2. The van der Waals surface area contributed by atoms with E-state index in [-0.39, 0.29) is 17.3 Å². The second-order valence-electron chi connectivity index (χ2n) is 8.99. The Balaban J connectivity index is 2.03. The predicted molar refractivity (Wildman–Crippen MR) is 159 cm³/mol. The van der Waals surface area contributed by atoms with Crippen LogP contribution >= 0.6 is 27.5 Å². The number of hydrogen-bond acceptors (Lipinski definition) is 4. The Labute approximate surface area is 244 Å². The standard InChI is InChI=1S/C29H33BrClN3O4S/c1-3-5-18-32-29(36)27(4-2)33(20-22-12-9-10-17-26(22)31)28(35)21-34(24-14-11-13-23(30)19-24)39(37,38)25-15-7-6-8-16-25/h6-17,19,27H,3-5,18,20-21H2,1-2H3,(H,32,36). The Morgan fingerprint density at radius 2 is 1.67 bits per heavy atom. The third-order valence-corrected chi connectivity index (χ3v) is 8.87. The van der Waals surface area contributed by atoms with Gasteiger partial charge in [-0.1, -0.05) is 90.3 Å². The molecule has 1 atom stereocenters. The van der Waals surface area contributed by atoms with Crippen LogP contribution in [0.15, 0.2) is 88.2 Å². The van der Waals surface area contributed by atoms with Crippen LogP contribution in [0, 0.1) is 0 Å². The third kappa shape index (κ3) is 8.06. The summed E-state index contributed by atoms with van der Waals surface area (Å²) < 4.78 is 29.3. The predicted octanol–water partition coefficient (Wildman–Crippen LogP) is 6.02. The number of amides is 2. The summed E-state index contributed by atoms with van der Waals surface area (Å²) in [5.41, 5.74) is 0.979. The normalized spacial score (nSPS) is 12.0. The number of unbranched alkanes of at least 4 members (excludes halogenated alkanes) is 1. The zero-order valence-electron chi connectivity index (χ0n) is 22.0. The summed E-state index contributed by atoms with van der Waals surface area (Å²) in [6, 6.07) is 21.0. The minimum atomic E-state index is -4.11. The average Bonchev–Trinajstić information content (AvgIpc) is 2.93. The highest BCUT2D eigenvalue weighted by Gasteiger charge is 2.33. The zero-order chi connectivity index (χ0) is 28.4. The molecule has 3 aromatic rings. The molecule has 0 spiro atoms. The van der Waals surface area contributed by atoms with Gasteiger partial charge in [-0.05, 0) is 54.8 Å². The number of sulfonamides is 1. The highest BCUT2D eigenvalue weighted by molar-refractivity contribution is 9.10. The van der Waals surface area contributed by atoms with Gasteiger partial charge in [-0.15, -0.1) is 0 Å². The number of carbonyl (C=O) groups is 2. The molecule has 39 heavy (non-hydrogen) atoms. The molecule has 0 radical (unpaired) electrons. The largest absolute Gasteiger partial charge is 0.354 e. The molecule has 3 rings (SSSR count). The van der Waals surface area contributed by atoms with Crippen molar-refractivity contribution >= 4 is 55.1 Å². The van der Waals surface area contributed by atoms with Crippen molar-refractivity contribution in [2.24, 2.45) is 0 Å². The van der Waals surface area contributed by atoms with Gasteiger partial charge in [0.15, 0.2) is 0 Å². The van der Waals surface area contributed by atoms with Gasteiger partial charge in [-0.3, -0.25) is 13.9 Å². The van der Waals surface area contributed by atoms with Crippen molar-refractivity contribution in [3.63, 3.8) is 0 Å². The maximum absolute atomic E-state index is 14.0. The van der Waals surface area contributed by atoms with E-state index in [0.717, 1.165) is 17.1 Å². The van der Waals surface area contributed by atoms with E-state index in [9.17, 15) is 18.0 Å². The van der Waals surface area contributed by atoms with Gasteiger partial charge in [0.1, 0.15) is 12.6 Å². The van der Waals surface area contributed by atoms with Crippen molar-refractivity contribution in [1.29, 1.82) is 0 Å². The Bertz CT molecular complexity index is 1370. The SMILES string of the molecule is CCCCNC(=O)C(CC)N(Cc1ccccc1Cl)C(=O)CN(c1cccc(Br)c1)S(=O)(=O)c1ccccc1. The van der Waals surface area contributed by atoms with E-state index in [1.165, 1.54) is 17.0 Å². The summed E-state index contributed by atoms with van der Waals surface area (Å²) in [4.78, 5) is 28.7. The molecule has 3 aromatic carbocycles. The Morgan fingerprint density at radius 1 is 0.974 bits per heavy atom. The van der Waals surface area contributed by atoms with Gasteiger partial charge in [0.25, 0.3) is 10.0 Å². The smallest absolute Gasteiger partial charge is 0.264 e. The van der Waals surface area contributed by atoms with Gasteiger partial charge in [-0.25, -0.2) is 8.42 Å². The first-order valence-electron chi connectivity index (χ1n) is 12.8. The van der Waals surface area contributed by atoms with Crippen LogP contribution in [0.3, 0.4) is 0 Å². The maximum Gasteiger partial charge on any atom is 0.264 e. The lowest BCUT2D eigenvalue weighted by Crippen LogP contribution is -2.52. The first kappa shape index (κ1) is 30.7. The summed E-state index contributed by atoms with van der Waals surface area (Å²) >= 11 is 9.82. The quantitative estimate of drug-likeness (QED) is 0.233. The van der Waals surface area contributed by atoms with Gasteiger partial charge in [0.2, 0.25) is 11.8 Å². The fourth-order valence-corrected chi connectivity index (χ4v) is 6.13. The van der Waals surface area contributed by atoms with Gasteiger partial charge in [0, 0.05) is 22.6 Å². The molecule has 0 aromatic heterocycles. The number of halogens is 2. The number of nitrogens with zero attached hydrogens (tertiary/aromatic N) is 2. The first-order valence-corrected chi connectivity index (χ1v) is 15.4. The van der Waals surface area contributed by atoms with Crippen molar-refractivity contribution in [3.8, 4) is 0 Å². The lowest BCUT2D eigenvalue weighted by atomic mass is 10.1. The Hall–Kier alpha value is -2.88. The minimum Gasteiger partial charge on any atom is -0.354 e. The zero-order valence-corrected chi connectivity index (χ0v) is 25.2. The summed E-state index contributed by atoms with van der Waals surface area (Å²) in [7, 11) is -4.11. The van der Waals surface area contributed by atoms with E-state index in [1.807, 2.05) is 13.8 Å². The monoisotopic (exact) mass is 633 g/mol. The van der Waals surface area contributed by atoms with Crippen molar-refractivity contribution in [2.75, 3.05) is 17.4 Å². The molecule has 0 saturated heterocycles. The highest BCUT2D eigenvalue weighted by Crippen LogP contribution is 2.27. The fourth-order valence-electron chi connectivity index (χ4n) is 4.12. The van der Waals surface area contributed by atoms with Crippen molar-refractivity contribution < 1.29 is 18.0 Å². The van der Waals surface area contributed by atoms with Crippen molar-refractivity contribution in [1.82, 2.24) is 10.2 Å². The van der Waals surface area contributed by atoms with Gasteiger partial charge < -0.3 is 10.2 Å². The molecule has 208 valence electrons. The Morgan fingerprint density at radius 3 is 2.31 bits per heavy atom. The molecule has 1 unspecified atom stereocenters. The molecule has 1 N–H and O–H groups in total. The molecule has 0 heterocycles. The molecule has 10 heteroatoms. The number of rotatable bonds is 13. The molecular weight excluding hydrogens is 602 g/mol. The second kappa shape index (κ2) is 14.5. The van der Waals surface area contributed by atoms with Crippen LogP contribution in [-0.4, -0.2) is 44.3 Å². The lowest BCUT2D eigenvalue weighted by molar-refractivity contribution is -0.140. The molecule has 0 aliphatic heterocycles. The summed E-state index contributed by atoms with van der Waals surface area (Å²) in [5.74, 6) is -0.807. The van der Waals surface area contributed by atoms with Crippen LogP contribution in [-0.2, 0) is 26.2 Å². The van der Waals surface area contributed by atoms with Crippen LogP contribution in [0.2, 0.25) is 5.02 Å². The first-order chi connectivity index (χ1) is 18.7. The molecule has 7 nitrogen and oxygen atoms in total. The fraction of sp³-hybridized carbons (Fsp3) is 0.310. The van der Waals surface area contributed by atoms with Crippen molar-refractivity contribution in [2.45, 2.75) is 50.6 Å². The van der Waals surface area contributed by atoms with E-state index in [4.69, 9.17) is 11.6 Å². The Kier molecular flexibility index (Phi) is 11.4. The molecule has 0 fully saturated rings. The lowest BCUT2D eigenvalue weighted by Gasteiger charge is -2.33. The molecule has 0 saturated carbocycles.